The van der Waals surface area contributed by atoms with Gasteiger partial charge in [0.2, 0.25) is 12.8 Å². The monoisotopic (exact) mass is 298 g/mol. The number of guanidine groups is 1. The van der Waals surface area contributed by atoms with Crippen LogP contribution in [0.5, 0.6) is 11.5 Å². The van der Waals surface area contributed by atoms with E-state index in [1.165, 1.54) is 6.92 Å². The predicted octanol–water partition coefficient (Wildman–Crippen LogP) is 1.35. The molecule has 0 fully saturated rings. The summed E-state index contributed by atoms with van der Waals surface area (Å²) in [7, 11) is 0. The lowest BCUT2D eigenvalue weighted by atomic mass is 9.93. The molecule has 0 unspecified atom stereocenters. The maximum atomic E-state index is 12.0. The lowest BCUT2D eigenvalue weighted by Crippen LogP contribution is -2.38. The van der Waals surface area contributed by atoms with Crippen molar-refractivity contribution in [1.29, 1.82) is 5.26 Å². The van der Waals surface area contributed by atoms with Crippen LogP contribution in [0.1, 0.15) is 25.5 Å². The van der Waals surface area contributed by atoms with Gasteiger partial charge in [-0.15, -0.1) is 0 Å². The average molecular weight is 298 g/mol. The van der Waals surface area contributed by atoms with Gasteiger partial charge in [-0.1, -0.05) is 6.07 Å². The van der Waals surface area contributed by atoms with Crippen LogP contribution >= 0.6 is 0 Å². The number of hydrogen-bond donors (Lipinski definition) is 2. The molecule has 0 saturated heterocycles. The molecule has 0 radical (unpaired) electrons. The predicted molar refractivity (Wildman–Crippen MR) is 78.0 cm³/mol. The Balaban J connectivity index is 2.05. The van der Waals surface area contributed by atoms with E-state index in [1.54, 1.807) is 13.0 Å². The normalized spacial score (nSPS) is 19.1. The second-order valence-electron chi connectivity index (χ2n) is 4.95. The van der Waals surface area contributed by atoms with Gasteiger partial charge in [-0.05, 0) is 31.5 Å². The van der Waals surface area contributed by atoms with E-state index in [0.717, 1.165) is 5.56 Å². The molecule has 3 rings (SSSR count). The number of nitrogens with zero attached hydrogens (tertiary/aromatic N) is 2. The number of aliphatic imine (C=N–C) groups is 1. The van der Waals surface area contributed by atoms with E-state index < -0.39 is 6.04 Å². The van der Waals surface area contributed by atoms with E-state index in [2.05, 4.69) is 15.6 Å². The van der Waals surface area contributed by atoms with Crippen LogP contribution in [0.25, 0.3) is 0 Å². The summed E-state index contributed by atoms with van der Waals surface area (Å²) in [5.74, 6) is 1.53. The van der Waals surface area contributed by atoms with Gasteiger partial charge in [0.1, 0.15) is 6.04 Å². The van der Waals surface area contributed by atoms with Crippen LogP contribution in [0.4, 0.5) is 0 Å². The van der Waals surface area contributed by atoms with E-state index in [-0.39, 0.29) is 12.6 Å². The molecule has 0 spiro atoms. The van der Waals surface area contributed by atoms with Crippen molar-refractivity contribution < 1.29 is 14.3 Å². The molecule has 0 bridgehead atoms. The summed E-state index contributed by atoms with van der Waals surface area (Å²) in [5.41, 5.74) is 2.03. The first-order chi connectivity index (χ1) is 10.6. The first-order valence-corrected chi connectivity index (χ1v) is 6.71. The number of ketones is 1. The van der Waals surface area contributed by atoms with Gasteiger partial charge in [-0.2, -0.15) is 5.26 Å². The van der Waals surface area contributed by atoms with Crippen molar-refractivity contribution in [1.82, 2.24) is 10.6 Å². The molecule has 7 nitrogen and oxygen atoms in total. The van der Waals surface area contributed by atoms with Crippen molar-refractivity contribution in [2.75, 3.05) is 6.79 Å². The second-order valence-corrected chi connectivity index (χ2v) is 4.95. The molecule has 112 valence electrons. The Kier molecular flexibility index (Phi) is 3.43. The lowest BCUT2D eigenvalue weighted by molar-refractivity contribution is -0.114. The third kappa shape index (κ3) is 2.35. The molecule has 7 heteroatoms. The topological polar surface area (TPSA) is 95.7 Å². The van der Waals surface area contributed by atoms with Crippen LogP contribution in [-0.4, -0.2) is 18.5 Å². The summed E-state index contributed by atoms with van der Waals surface area (Å²) in [5, 5.41) is 14.2. The summed E-state index contributed by atoms with van der Waals surface area (Å²) < 4.78 is 10.7. The number of fused-ring (bicyclic) bond motifs is 1. The number of carbonyl (C=O) groups is 1. The first-order valence-electron chi connectivity index (χ1n) is 6.71. The molecule has 2 heterocycles. The first kappa shape index (κ1) is 13.9. The van der Waals surface area contributed by atoms with Crippen LogP contribution in [0.2, 0.25) is 0 Å². The average Bonchev–Trinajstić information content (AvgIpc) is 2.93. The Bertz CT molecular complexity index is 746. The molecule has 22 heavy (non-hydrogen) atoms. The number of carbonyl (C=O) groups excluding carboxylic acids is 1. The SMILES string of the molecule is CC(=O)C1=C(C)NC(NC#N)=N[C@@H]1c1ccc2c(c1)OCO2. The Morgan fingerprint density at radius 1 is 1.45 bits per heavy atom. The van der Waals surface area contributed by atoms with Crippen molar-refractivity contribution in [3.63, 3.8) is 0 Å². The van der Waals surface area contributed by atoms with Crippen LogP contribution < -0.4 is 20.1 Å². The van der Waals surface area contributed by atoms with Crippen molar-refractivity contribution in [2.24, 2.45) is 4.99 Å². The third-order valence-corrected chi connectivity index (χ3v) is 3.51. The molecule has 1 aromatic carbocycles. The van der Waals surface area contributed by atoms with Gasteiger partial charge in [-0.3, -0.25) is 10.1 Å². The number of Topliss-reactive ketones (excluding diaryl/α,β-unsaturated/α-hetero) is 1. The number of allylic oxidation sites excluding steroid dienone is 1. The molecular formula is C15H14N4O3. The fourth-order valence-corrected chi connectivity index (χ4v) is 2.57. The van der Waals surface area contributed by atoms with E-state index in [9.17, 15) is 4.79 Å². The number of ether oxygens (including phenoxy) is 2. The fraction of sp³-hybridized carbons (Fsp3) is 0.267. The van der Waals surface area contributed by atoms with Gasteiger partial charge >= 0.3 is 0 Å². The zero-order valence-electron chi connectivity index (χ0n) is 12.1. The van der Waals surface area contributed by atoms with E-state index in [0.29, 0.717) is 28.7 Å². The molecule has 0 aromatic heterocycles. The third-order valence-electron chi connectivity index (χ3n) is 3.51. The second kappa shape index (κ2) is 5.41. The van der Waals surface area contributed by atoms with Gasteiger partial charge in [-0.25, -0.2) is 4.99 Å². The quantitative estimate of drug-likeness (QED) is 0.632. The minimum Gasteiger partial charge on any atom is -0.454 e. The van der Waals surface area contributed by atoms with Gasteiger partial charge in [0.15, 0.2) is 23.5 Å². The van der Waals surface area contributed by atoms with Crippen LogP contribution in [0, 0.1) is 11.5 Å². The van der Waals surface area contributed by atoms with Gasteiger partial charge in [0.25, 0.3) is 0 Å². The van der Waals surface area contributed by atoms with Crippen LogP contribution in [-0.2, 0) is 4.79 Å². The number of nitriles is 1. The Morgan fingerprint density at radius 2 is 2.23 bits per heavy atom. The molecule has 1 atom stereocenters. The number of benzene rings is 1. The summed E-state index contributed by atoms with van der Waals surface area (Å²) in [6.45, 7) is 3.47. The minimum atomic E-state index is -0.496. The lowest BCUT2D eigenvalue weighted by Gasteiger charge is -2.25. The minimum absolute atomic E-state index is 0.0765. The van der Waals surface area contributed by atoms with Crippen LogP contribution in [0.3, 0.4) is 0 Å². The Labute approximate surface area is 127 Å². The highest BCUT2D eigenvalue weighted by Crippen LogP contribution is 2.38. The number of rotatable bonds is 2. The Morgan fingerprint density at radius 3 is 2.95 bits per heavy atom. The maximum absolute atomic E-state index is 12.0. The molecule has 1 aromatic rings. The standard InChI is InChI=1S/C15H14N4O3/c1-8-13(9(2)20)14(19-15(18-8)17-6-16)10-3-4-11-12(5-10)22-7-21-11/h3-5,14H,7H2,1-2H3,(H2,17,18,19)/t14-/m1/s1. The smallest absolute Gasteiger partial charge is 0.231 e. The van der Waals surface area contributed by atoms with Crippen molar-refractivity contribution in [2.45, 2.75) is 19.9 Å². The summed E-state index contributed by atoms with van der Waals surface area (Å²) in [4.78, 5) is 16.4. The maximum Gasteiger partial charge on any atom is 0.231 e. The molecule has 2 aliphatic heterocycles. The number of hydrogen-bond acceptors (Lipinski definition) is 7. The summed E-state index contributed by atoms with van der Waals surface area (Å²) in [6, 6.07) is 4.94. The van der Waals surface area contributed by atoms with Crippen LogP contribution in [0.15, 0.2) is 34.5 Å². The molecule has 0 amide bonds. The summed E-state index contributed by atoms with van der Waals surface area (Å²) >= 11 is 0. The Hall–Kier alpha value is -3.01. The van der Waals surface area contributed by atoms with Crippen molar-refractivity contribution in [3.05, 3.63) is 35.0 Å². The highest BCUT2D eigenvalue weighted by atomic mass is 16.7. The molecule has 0 aliphatic carbocycles. The summed E-state index contributed by atoms with van der Waals surface area (Å²) in [6.07, 6.45) is 1.82. The number of nitrogens with one attached hydrogen (secondary N) is 2. The zero-order chi connectivity index (χ0) is 15.7. The molecule has 2 aliphatic rings. The highest BCUT2D eigenvalue weighted by molar-refractivity contribution is 5.98. The van der Waals surface area contributed by atoms with Gasteiger partial charge in [0, 0.05) is 11.3 Å². The largest absolute Gasteiger partial charge is 0.454 e. The van der Waals surface area contributed by atoms with Crippen molar-refractivity contribution >= 4 is 11.7 Å². The zero-order valence-corrected chi connectivity index (χ0v) is 12.1. The fourth-order valence-electron chi connectivity index (χ4n) is 2.57. The van der Waals surface area contributed by atoms with Crippen molar-refractivity contribution in [3.8, 4) is 17.7 Å². The molecule has 0 saturated carbocycles. The van der Waals surface area contributed by atoms with Gasteiger partial charge in [0.05, 0.1) is 0 Å². The molecular weight excluding hydrogens is 284 g/mol. The van der Waals surface area contributed by atoms with Gasteiger partial charge < -0.3 is 14.8 Å². The highest BCUT2D eigenvalue weighted by Gasteiger charge is 2.28. The van der Waals surface area contributed by atoms with E-state index >= 15 is 0 Å². The molecule has 2 N–H and O–H groups in total. The van der Waals surface area contributed by atoms with E-state index in [1.807, 2.05) is 18.3 Å². The van der Waals surface area contributed by atoms with E-state index in [4.69, 9.17) is 14.7 Å².